The van der Waals surface area contributed by atoms with E-state index in [9.17, 15) is 0 Å². The van der Waals surface area contributed by atoms with Gasteiger partial charge in [0.05, 0.1) is 0 Å². The van der Waals surface area contributed by atoms with Gasteiger partial charge in [0.15, 0.2) is 0 Å². The summed E-state index contributed by atoms with van der Waals surface area (Å²) >= 11 is 0. The largest absolute Gasteiger partial charge is 0.115 e. The average Bonchev–Trinajstić information content (AvgIpc) is 2.16. The summed E-state index contributed by atoms with van der Waals surface area (Å²) in [7, 11) is 0. The van der Waals surface area contributed by atoms with Gasteiger partial charge in [-0.05, 0) is 23.1 Å². The topological polar surface area (TPSA) is 0 Å². The van der Waals surface area contributed by atoms with Crippen LogP contribution in [0.15, 0.2) is 24.8 Å². The quantitative estimate of drug-likeness (QED) is 0.596. The lowest BCUT2D eigenvalue weighted by atomic mass is 9.93. The Morgan fingerprint density at radius 1 is 1.46 bits per heavy atom. The highest BCUT2D eigenvalue weighted by Gasteiger charge is 2.06. The minimum atomic E-state index is 0.487. The molecule has 1 aromatic rings. The predicted octanol–water partition coefficient (Wildman–Crippen LogP) is 3.43. The van der Waals surface area contributed by atoms with Crippen molar-refractivity contribution in [1.82, 2.24) is 0 Å². The SMILES string of the molecule is C#Cc1cccc(C(C)C)c1C=C. The third-order valence-corrected chi connectivity index (χ3v) is 2.12. The van der Waals surface area contributed by atoms with Crippen molar-refractivity contribution < 1.29 is 0 Å². The number of terminal acetylenes is 1. The molecular formula is C13H14. The van der Waals surface area contributed by atoms with E-state index in [1.165, 1.54) is 5.56 Å². The zero-order valence-electron chi connectivity index (χ0n) is 8.17. The Labute approximate surface area is 80.3 Å². The maximum Gasteiger partial charge on any atom is 0.0317 e. The Kier molecular flexibility index (Phi) is 2.93. The molecule has 0 spiro atoms. The molecule has 0 aliphatic heterocycles. The van der Waals surface area contributed by atoms with Gasteiger partial charge >= 0.3 is 0 Å². The molecular weight excluding hydrogens is 156 g/mol. The zero-order valence-corrected chi connectivity index (χ0v) is 8.17. The van der Waals surface area contributed by atoms with Crippen LogP contribution in [-0.4, -0.2) is 0 Å². The lowest BCUT2D eigenvalue weighted by Crippen LogP contribution is -1.94. The number of benzene rings is 1. The molecule has 0 aliphatic rings. The van der Waals surface area contributed by atoms with E-state index in [4.69, 9.17) is 6.42 Å². The Balaban J connectivity index is 3.37. The van der Waals surface area contributed by atoms with Crippen LogP contribution in [0.2, 0.25) is 0 Å². The molecule has 0 fully saturated rings. The van der Waals surface area contributed by atoms with Crippen molar-refractivity contribution in [3.8, 4) is 12.3 Å². The Bertz CT molecular complexity index is 351. The zero-order chi connectivity index (χ0) is 9.84. The summed E-state index contributed by atoms with van der Waals surface area (Å²) < 4.78 is 0. The molecule has 66 valence electrons. The Hall–Kier alpha value is -1.48. The summed E-state index contributed by atoms with van der Waals surface area (Å²) in [5.41, 5.74) is 3.30. The first-order valence-corrected chi connectivity index (χ1v) is 4.42. The molecule has 0 bridgehead atoms. The number of rotatable bonds is 2. The van der Waals surface area contributed by atoms with Crippen LogP contribution in [0.1, 0.15) is 36.5 Å². The first-order chi connectivity index (χ1) is 6.20. The van der Waals surface area contributed by atoms with Gasteiger partial charge in [0.2, 0.25) is 0 Å². The van der Waals surface area contributed by atoms with Gasteiger partial charge in [-0.2, -0.15) is 0 Å². The molecule has 0 heteroatoms. The van der Waals surface area contributed by atoms with Crippen LogP contribution >= 0.6 is 0 Å². The van der Waals surface area contributed by atoms with Gasteiger partial charge in [-0.25, -0.2) is 0 Å². The van der Waals surface area contributed by atoms with Gasteiger partial charge < -0.3 is 0 Å². The van der Waals surface area contributed by atoms with Crippen LogP contribution in [0.5, 0.6) is 0 Å². The summed E-state index contributed by atoms with van der Waals surface area (Å²) in [5.74, 6) is 3.16. The Morgan fingerprint density at radius 3 is 2.62 bits per heavy atom. The molecule has 1 rings (SSSR count). The summed E-state index contributed by atoms with van der Waals surface area (Å²) in [4.78, 5) is 0. The lowest BCUT2D eigenvalue weighted by Gasteiger charge is -2.10. The van der Waals surface area contributed by atoms with Crippen molar-refractivity contribution >= 4 is 6.08 Å². The van der Waals surface area contributed by atoms with Gasteiger partial charge in [0, 0.05) is 5.56 Å². The molecule has 0 nitrogen and oxygen atoms in total. The van der Waals surface area contributed by atoms with E-state index in [-0.39, 0.29) is 0 Å². The lowest BCUT2D eigenvalue weighted by molar-refractivity contribution is 0.863. The van der Waals surface area contributed by atoms with Gasteiger partial charge in [0.25, 0.3) is 0 Å². The second-order valence-electron chi connectivity index (χ2n) is 3.31. The third-order valence-electron chi connectivity index (χ3n) is 2.12. The van der Waals surface area contributed by atoms with Crippen molar-refractivity contribution in [2.75, 3.05) is 0 Å². The molecule has 0 radical (unpaired) electrons. The molecule has 0 aromatic heterocycles. The van der Waals surface area contributed by atoms with Crippen molar-refractivity contribution in [3.63, 3.8) is 0 Å². The summed E-state index contributed by atoms with van der Waals surface area (Å²) in [6.45, 7) is 8.10. The van der Waals surface area contributed by atoms with Crippen LogP contribution < -0.4 is 0 Å². The molecule has 13 heavy (non-hydrogen) atoms. The van der Waals surface area contributed by atoms with Crippen LogP contribution in [-0.2, 0) is 0 Å². The van der Waals surface area contributed by atoms with Crippen molar-refractivity contribution in [2.24, 2.45) is 0 Å². The van der Waals surface area contributed by atoms with E-state index < -0.39 is 0 Å². The molecule has 0 unspecified atom stereocenters. The van der Waals surface area contributed by atoms with E-state index in [0.717, 1.165) is 11.1 Å². The standard InChI is InChI=1S/C13H14/c1-5-11-8-7-9-13(10(3)4)12(11)6-2/h1,6-10H,2H2,3-4H3. The van der Waals surface area contributed by atoms with Crippen LogP contribution in [0.4, 0.5) is 0 Å². The fraction of sp³-hybridized carbons (Fsp3) is 0.231. The van der Waals surface area contributed by atoms with Crippen LogP contribution in [0, 0.1) is 12.3 Å². The third kappa shape index (κ3) is 1.81. The summed E-state index contributed by atoms with van der Waals surface area (Å²) in [5, 5.41) is 0. The highest BCUT2D eigenvalue weighted by Crippen LogP contribution is 2.22. The van der Waals surface area contributed by atoms with Gasteiger partial charge in [-0.1, -0.05) is 44.6 Å². The van der Waals surface area contributed by atoms with Crippen molar-refractivity contribution in [1.29, 1.82) is 0 Å². The maximum absolute atomic E-state index is 5.40. The second-order valence-corrected chi connectivity index (χ2v) is 3.31. The molecule has 0 N–H and O–H groups in total. The molecule has 0 amide bonds. The van der Waals surface area contributed by atoms with Crippen molar-refractivity contribution in [2.45, 2.75) is 19.8 Å². The fourth-order valence-corrected chi connectivity index (χ4v) is 1.44. The average molecular weight is 170 g/mol. The highest BCUT2D eigenvalue weighted by molar-refractivity contribution is 5.61. The second kappa shape index (κ2) is 3.96. The van der Waals surface area contributed by atoms with Crippen LogP contribution in [0.25, 0.3) is 6.08 Å². The number of hydrogen-bond donors (Lipinski definition) is 0. The molecule has 1 aromatic carbocycles. The Morgan fingerprint density at radius 2 is 2.15 bits per heavy atom. The van der Waals surface area contributed by atoms with E-state index in [1.54, 1.807) is 0 Å². The van der Waals surface area contributed by atoms with E-state index in [2.05, 4.69) is 32.4 Å². The monoisotopic (exact) mass is 170 g/mol. The van der Waals surface area contributed by atoms with E-state index in [0.29, 0.717) is 5.92 Å². The van der Waals surface area contributed by atoms with Gasteiger partial charge in [0.1, 0.15) is 0 Å². The molecule has 0 aliphatic carbocycles. The summed E-state index contributed by atoms with van der Waals surface area (Å²) in [6.07, 6.45) is 7.24. The first kappa shape index (κ1) is 9.61. The van der Waals surface area contributed by atoms with E-state index >= 15 is 0 Å². The molecule has 0 saturated carbocycles. The van der Waals surface area contributed by atoms with Crippen molar-refractivity contribution in [3.05, 3.63) is 41.5 Å². The minimum Gasteiger partial charge on any atom is -0.115 e. The fourth-order valence-electron chi connectivity index (χ4n) is 1.44. The van der Waals surface area contributed by atoms with Crippen LogP contribution in [0.3, 0.4) is 0 Å². The molecule has 0 atom stereocenters. The molecule has 0 saturated heterocycles. The first-order valence-electron chi connectivity index (χ1n) is 4.42. The van der Waals surface area contributed by atoms with Gasteiger partial charge in [-0.3, -0.25) is 0 Å². The normalized spacial score (nSPS) is 9.69. The number of hydrogen-bond acceptors (Lipinski definition) is 0. The summed E-state index contributed by atoms with van der Waals surface area (Å²) in [6, 6.07) is 6.04. The van der Waals surface area contributed by atoms with E-state index in [1.807, 2.05) is 18.2 Å². The molecule has 0 heterocycles. The minimum absolute atomic E-state index is 0.487. The highest BCUT2D eigenvalue weighted by atomic mass is 14.1. The smallest absolute Gasteiger partial charge is 0.0317 e. The maximum atomic E-state index is 5.40. The predicted molar refractivity (Wildman–Crippen MR) is 58.6 cm³/mol. The van der Waals surface area contributed by atoms with Gasteiger partial charge in [-0.15, -0.1) is 6.42 Å².